The van der Waals surface area contributed by atoms with Crippen LogP contribution in [0.5, 0.6) is 0 Å². The van der Waals surface area contributed by atoms with E-state index in [-0.39, 0.29) is 11.3 Å². The minimum atomic E-state index is -4.77. The lowest BCUT2D eigenvalue weighted by atomic mass is 10.1. The standard InChI is InChI=1S/C14H7F4N5O2/c15-9-3-1-8(2-4-9)11-5-12(14(16,17)18)21-13(20-11)22-7-10(6-19-22)23(24)25/h1-7H. The molecule has 0 saturated carbocycles. The number of hydrogen-bond donors (Lipinski definition) is 0. The number of alkyl halides is 3. The van der Waals surface area contributed by atoms with Crippen LogP contribution in [0, 0.1) is 15.9 Å². The van der Waals surface area contributed by atoms with Gasteiger partial charge in [-0.2, -0.15) is 23.0 Å². The Kier molecular flexibility index (Phi) is 3.91. The average Bonchev–Trinajstić information content (AvgIpc) is 3.04. The average molecular weight is 353 g/mol. The third-order valence-electron chi connectivity index (χ3n) is 3.13. The first-order valence-electron chi connectivity index (χ1n) is 6.66. The van der Waals surface area contributed by atoms with Crippen molar-refractivity contribution in [1.82, 2.24) is 19.7 Å². The van der Waals surface area contributed by atoms with Crippen LogP contribution >= 0.6 is 0 Å². The number of aromatic nitrogens is 4. The molecule has 0 atom stereocenters. The predicted molar refractivity (Wildman–Crippen MR) is 76.2 cm³/mol. The summed E-state index contributed by atoms with van der Waals surface area (Å²) >= 11 is 0. The molecule has 1 aromatic carbocycles. The van der Waals surface area contributed by atoms with Crippen molar-refractivity contribution in [2.75, 3.05) is 0 Å². The summed E-state index contributed by atoms with van der Waals surface area (Å²) in [4.78, 5) is 17.2. The van der Waals surface area contributed by atoms with E-state index in [4.69, 9.17) is 0 Å². The van der Waals surface area contributed by atoms with Gasteiger partial charge in [-0.15, -0.1) is 0 Å². The summed E-state index contributed by atoms with van der Waals surface area (Å²) < 4.78 is 53.0. The molecule has 11 heteroatoms. The van der Waals surface area contributed by atoms with Gasteiger partial charge in [0, 0.05) is 5.56 Å². The lowest BCUT2D eigenvalue weighted by Gasteiger charge is -2.10. The molecule has 0 bridgehead atoms. The molecular formula is C14H7F4N5O2. The first-order chi connectivity index (χ1) is 11.7. The minimum absolute atomic E-state index is 0.129. The Bertz CT molecular complexity index is 937. The van der Waals surface area contributed by atoms with E-state index in [1.54, 1.807) is 0 Å². The molecule has 128 valence electrons. The van der Waals surface area contributed by atoms with E-state index < -0.39 is 34.2 Å². The summed E-state index contributed by atoms with van der Waals surface area (Å²) in [6, 6.07) is 5.36. The van der Waals surface area contributed by atoms with Crippen molar-refractivity contribution < 1.29 is 22.5 Å². The lowest BCUT2D eigenvalue weighted by Crippen LogP contribution is -2.13. The second-order valence-electron chi connectivity index (χ2n) is 4.84. The molecule has 2 aromatic heterocycles. The Labute approximate surface area is 136 Å². The zero-order chi connectivity index (χ0) is 18.2. The summed E-state index contributed by atoms with van der Waals surface area (Å²) in [5.41, 5.74) is -1.59. The van der Waals surface area contributed by atoms with Gasteiger partial charge in [0.15, 0.2) is 5.69 Å². The summed E-state index contributed by atoms with van der Waals surface area (Å²) in [5, 5.41) is 14.3. The van der Waals surface area contributed by atoms with Crippen LogP contribution in [0.3, 0.4) is 0 Å². The van der Waals surface area contributed by atoms with Crippen molar-refractivity contribution >= 4 is 5.69 Å². The highest BCUT2D eigenvalue weighted by Gasteiger charge is 2.34. The van der Waals surface area contributed by atoms with Crippen LogP contribution in [0.25, 0.3) is 17.2 Å². The zero-order valence-corrected chi connectivity index (χ0v) is 12.1. The Morgan fingerprint density at radius 3 is 2.36 bits per heavy atom. The number of nitrogens with zero attached hydrogens (tertiary/aromatic N) is 5. The fourth-order valence-electron chi connectivity index (χ4n) is 1.97. The molecule has 0 fully saturated rings. The Balaban J connectivity index is 2.15. The van der Waals surface area contributed by atoms with Gasteiger partial charge in [0.25, 0.3) is 5.95 Å². The molecule has 7 nitrogen and oxygen atoms in total. The van der Waals surface area contributed by atoms with Crippen LogP contribution in [0.4, 0.5) is 23.2 Å². The van der Waals surface area contributed by atoms with Gasteiger partial charge in [-0.3, -0.25) is 10.1 Å². The molecule has 0 radical (unpaired) electrons. The SMILES string of the molecule is O=[N+]([O-])c1cnn(-c2nc(-c3ccc(F)cc3)cc(C(F)(F)F)n2)c1. The maximum absolute atomic E-state index is 13.1. The molecule has 0 spiro atoms. The Morgan fingerprint density at radius 2 is 1.80 bits per heavy atom. The molecule has 0 aliphatic carbocycles. The lowest BCUT2D eigenvalue weighted by molar-refractivity contribution is -0.384. The third-order valence-corrected chi connectivity index (χ3v) is 3.13. The second-order valence-corrected chi connectivity index (χ2v) is 4.84. The molecule has 0 aliphatic rings. The molecule has 25 heavy (non-hydrogen) atoms. The molecule has 0 saturated heterocycles. The number of nitro groups is 1. The maximum Gasteiger partial charge on any atom is 0.433 e. The van der Waals surface area contributed by atoms with Gasteiger partial charge < -0.3 is 0 Å². The van der Waals surface area contributed by atoms with Gasteiger partial charge in [0.2, 0.25) is 0 Å². The monoisotopic (exact) mass is 353 g/mol. The quantitative estimate of drug-likeness (QED) is 0.409. The van der Waals surface area contributed by atoms with Crippen molar-refractivity contribution in [1.29, 1.82) is 0 Å². The van der Waals surface area contributed by atoms with Crippen molar-refractivity contribution in [3.8, 4) is 17.2 Å². The predicted octanol–water partition coefficient (Wildman–Crippen LogP) is 3.40. The molecule has 3 rings (SSSR count). The van der Waals surface area contributed by atoms with Gasteiger partial charge in [-0.25, -0.2) is 14.4 Å². The van der Waals surface area contributed by atoms with E-state index in [0.29, 0.717) is 6.07 Å². The van der Waals surface area contributed by atoms with Gasteiger partial charge >= 0.3 is 11.9 Å². The summed E-state index contributed by atoms with van der Waals surface area (Å²) in [6.45, 7) is 0. The summed E-state index contributed by atoms with van der Waals surface area (Å²) in [5.74, 6) is -1.06. The van der Waals surface area contributed by atoms with Crippen LogP contribution in [0.15, 0.2) is 42.7 Å². The number of halogens is 4. The molecular weight excluding hydrogens is 346 g/mol. The molecule has 2 heterocycles. The van der Waals surface area contributed by atoms with E-state index in [1.165, 1.54) is 12.1 Å². The van der Waals surface area contributed by atoms with Crippen LogP contribution in [0.1, 0.15) is 5.69 Å². The molecule has 0 N–H and O–H groups in total. The highest BCUT2D eigenvalue weighted by atomic mass is 19.4. The molecule has 0 amide bonds. The number of rotatable bonds is 3. The van der Waals surface area contributed by atoms with Gasteiger partial charge in [-0.05, 0) is 30.3 Å². The first kappa shape index (κ1) is 16.5. The Morgan fingerprint density at radius 1 is 1.12 bits per heavy atom. The van der Waals surface area contributed by atoms with Gasteiger partial charge in [0.05, 0.1) is 10.6 Å². The molecule has 3 aromatic rings. The van der Waals surface area contributed by atoms with Crippen LogP contribution < -0.4 is 0 Å². The van der Waals surface area contributed by atoms with Crippen LogP contribution in [0.2, 0.25) is 0 Å². The highest BCUT2D eigenvalue weighted by Crippen LogP contribution is 2.31. The fraction of sp³-hybridized carbons (Fsp3) is 0.0714. The normalized spacial score (nSPS) is 11.5. The van der Waals surface area contributed by atoms with Crippen molar-refractivity contribution in [3.63, 3.8) is 0 Å². The van der Waals surface area contributed by atoms with E-state index in [0.717, 1.165) is 29.2 Å². The molecule has 0 aliphatic heterocycles. The summed E-state index contributed by atoms with van der Waals surface area (Å²) in [7, 11) is 0. The second kappa shape index (κ2) is 5.92. The largest absolute Gasteiger partial charge is 0.433 e. The van der Waals surface area contributed by atoms with E-state index in [2.05, 4.69) is 15.1 Å². The van der Waals surface area contributed by atoms with Crippen molar-refractivity contribution in [2.45, 2.75) is 6.18 Å². The van der Waals surface area contributed by atoms with E-state index >= 15 is 0 Å². The third kappa shape index (κ3) is 3.44. The number of benzene rings is 1. The van der Waals surface area contributed by atoms with E-state index in [1.807, 2.05) is 0 Å². The highest BCUT2D eigenvalue weighted by molar-refractivity contribution is 5.60. The summed E-state index contributed by atoms with van der Waals surface area (Å²) in [6.07, 6.45) is -3.02. The van der Waals surface area contributed by atoms with Crippen LogP contribution in [-0.2, 0) is 6.18 Å². The smallest absolute Gasteiger partial charge is 0.258 e. The molecule has 0 unspecified atom stereocenters. The van der Waals surface area contributed by atoms with Crippen LogP contribution in [-0.4, -0.2) is 24.7 Å². The maximum atomic E-state index is 13.1. The minimum Gasteiger partial charge on any atom is -0.258 e. The van der Waals surface area contributed by atoms with Gasteiger partial charge in [0.1, 0.15) is 18.2 Å². The van der Waals surface area contributed by atoms with Gasteiger partial charge in [-0.1, -0.05) is 0 Å². The zero-order valence-electron chi connectivity index (χ0n) is 12.1. The fourth-order valence-corrected chi connectivity index (χ4v) is 1.97. The number of hydrogen-bond acceptors (Lipinski definition) is 5. The topological polar surface area (TPSA) is 86.7 Å². The van der Waals surface area contributed by atoms with Crippen molar-refractivity contribution in [2.24, 2.45) is 0 Å². The van der Waals surface area contributed by atoms with Crippen molar-refractivity contribution in [3.05, 3.63) is 64.4 Å². The Hall–Kier alpha value is -3.37. The first-order valence-corrected chi connectivity index (χ1v) is 6.66. The van der Waals surface area contributed by atoms with E-state index in [9.17, 15) is 27.7 Å².